The van der Waals surface area contributed by atoms with E-state index in [-0.39, 0.29) is 23.7 Å². The average Bonchev–Trinajstić information content (AvgIpc) is 3.25. The summed E-state index contributed by atoms with van der Waals surface area (Å²) >= 11 is 6.34. The molecule has 0 aliphatic carbocycles. The number of para-hydroxylation sites is 1. The smallest absolute Gasteiger partial charge is 0.229 e. The van der Waals surface area contributed by atoms with Gasteiger partial charge in [0, 0.05) is 32.7 Å². The Morgan fingerprint density at radius 1 is 1.20 bits per heavy atom. The highest BCUT2D eigenvalue weighted by Gasteiger charge is 2.37. The van der Waals surface area contributed by atoms with Crippen molar-refractivity contribution < 1.29 is 13.9 Å². The van der Waals surface area contributed by atoms with Gasteiger partial charge in [-0.25, -0.2) is 9.82 Å². The highest BCUT2D eigenvalue weighted by Crippen LogP contribution is 2.33. The maximum Gasteiger partial charge on any atom is 0.229 e. The molecule has 0 radical (unpaired) electrons. The number of piperazine rings is 1. The van der Waals surface area contributed by atoms with E-state index in [2.05, 4.69) is 10.9 Å². The monoisotopic (exact) mass is 432 g/mol. The van der Waals surface area contributed by atoms with Crippen molar-refractivity contribution in [1.82, 2.24) is 15.8 Å². The lowest BCUT2D eigenvalue weighted by Crippen LogP contribution is -2.51. The zero-order chi connectivity index (χ0) is 21.1. The largest absolute Gasteiger partial charge is 0.492 e. The van der Waals surface area contributed by atoms with Crippen molar-refractivity contribution in [2.45, 2.75) is 13.0 Å². The summed E-state index contributed by atoms with van der Waals surface area (Å²) in [6, 6.07) is 12.2. The number of carbonyl (C=O) groups is 1. The SMILES string of the molecule is CCOc1ccc(C2NNCC2C(=O)N2CCN(c3ccccc3F)CC2)cc1Cl. The lowest BCUT2D eigenvalue weighted by Gasteiger charge is -2.37. The molecule has 4 rings (SSSR count). The molecule has 0 bridgehead atoms. The quantitative estimate of drug-likeness (QED) is 0.760. The van der Waals surface area contributed by atoms with Crippen molar-refractivity contribution >= 4 is 23.2 Å². The number of benzene rings is 2. The number of hydrogen-bond donors (Lipinski definition) is 2. The van der Waals surface area contributed by atoms with E-state index in [1.165, 1.54) is 6.07 Å². The molecule has 2 aromatic rings. The van der Waals surface area contributed by atoms with E-state index in [0.717, 1.165) is 5.56 Å². The van der Waals surface area contributed by atoms with E-state index in [4.69, 9.17) is 16.3 Å². The lowest BCUT2D eigenvalue weighted by atomic mass is 9.93. The van der Waals surface area contributed by atoms with Gasteiger partial charge in [-0.15, -0.1) is 0 Å². The number of nitrogens with zero attached hydrogens (tertiary/aromatic N) is 2. The van der Waals surface area contributed by atoms with Crippen LogP contribution in [0.4, 0.5) is 10.1 Å². The number of nitrogens with one attached hydrogen (secondary N) is 2. The highest BCUT2D eigenvalue weighted by molar-refractivity contribution is 6.32. The van der Waals surface area contributed by atoms with Gasteiger partial charge < -0.3 is 14.5 Å². The van der Waals surface area contributed by atoms with Gasteiger partial charge in [-0.2, -0.15) is 0 Å². The summed E-state index contributed by atoms with van der Waals surface area (Å²) in [5.41, 5.74) is 7.85. The number of halogens is 2. The predicted octanol–water partition coefficient (Wildman–Crippen LogP) is 2.99. The maximum atomic E-state index is 14.1. The minimum absolute atomic E-state index is 0.0932. The van der Waals surface area contributed by atoms with Crippen LogP contribution in [-0.2, 0) is 4.79 Å². The predicted molar refractivity (Wildman–Crippen MR) is 115 cm³/mol. The van der Waals surface area contributed by atoms with E-state index >= 15 is 0 Å². The number of hydrazine groups is 1. The first-order valence-electron chi connectivity index (χ1n) is 10.3. The van der Waals surface area contributed by atoms with Crippen molar-refractivity contribution in [3.63, 3.8) is 0 Å². The molecular formula is C22H26ClFN4O2. The summed E-state index contributed by atoms with van der Waals surface area (Å²) in [7, 11) is 0. The number of amides is 1. The fourth-order valence-electron chi connectivity index (χ4n) is 4.14. The maximum absolute atomic E-state index is 14.1. The molecule has 2 heterocycles. The fourth-order valence-corrected chi connectivity index (χ4v) is 4.38. The molecule has 30 heavy (non-hydrogen) atoms. The number of ether oxygens (including phenoxy) is 1. The molecule has 6 nitrogen and oxygen atoms in total. The molecule has 2 aliphatic rings. The van der Waals surface area contributed by atoms with Crippen molar-refractivity contribution in [3.05, 3.63) is 58.9 Å². The first kappa shape index (κ1) is 20.9. The third kappa shape index (κ3) is 4.24. The second-order valence-corrected chi connectivity index (χ2v) is 7.90. The fraction of sp³-hybridized carbons (Fsp3) is 0.409. The summed E-state index contributed by atoms with van der Waals surface area (Å²) in [5, 5.41) is 0.535. The van der Waals surface area contributed by atoms with Crippen LogP contribution in [0.2, 0.25) is 5.02 Å². The van der Waals surface area contributed by atoms with Gasteiger partial charge in [-0.1, -0.05) is 29.8 Å². The van der Waals surface area contributed by atoms with Gasteiger partial charge in [0.05, 0.1) is 29.3 Å². The normalized spacial score (nSPS) is 21.7. The van der Waals surface area contributed by atoms with Gasteiger partial charge in [-0.05, 0) is 36.8 Å². The molecule has 160 valence electrons. The molecule has 8 heteroatoms. The Kier molecular flexibility index (Phi) is 6.41. The number of anilines is 1. The second kappa shape index (κ2) is 9.20. The van der Waals surface area contributed by atoms with Crippen LogP contribution in [0.15, 0.2) is 42.5 Å². The van der Waals surface area contributed by atoms with E-state index in [1.807, 2.05) is 41.0 Å². The third-order valence-electron chi connectivity index (χ3n) is 5.70. The molecule has 0 aromatic heterocycles. The van der Waals surface area contributed by atoms with Crippen LogP contribution in [0.1, 0.15) is 18.5 Å². The van der Waals surface area contributed by atoms with E-state index in [1.54, 1.807) is 12.1 Å². The highest BCUT2D eigenvalue weighted by atomic mass is 35.5. The topological polar surface area (TPSA) is 56.8 Å². The van der Waals surface area contributed by atoms with E-state index in [0.29, 0.717) is 55.8 Å². The Morgan fingerprint density at radius 3 is 2.67 bits per heavy atom. The molecule has 2 unspecified atom stereocenters. The summed E-state index contributed by atoms with van der Waals surface area (Å²) < 4.78 is 19.6. The molecule has 2 N–H and O–H groups in total. The van der Waals surface area contributed by atoms with Gasteiger partial charge in [-0.3, -0.25) is 10.2 Å². The van der Waals surface area contributed by atoms with Crippen molar-refractivity contribution in [1.29, 1.82) is 0 Å². The molecule has 2 saturated heterocycles. The third-order valence-corrected chi connectivity index (χ3v) is 5.99. The van der Waals surface area contributed by atoms with E-state index < -0.39 is 0 Å². The van der Waals surface area contributed by atoms with Crippen LogP contribution in [0.25, 0.3) is 0 Å². The second-order valence-electron chi connectivity index (χ2n) is 7.50. The molecule has 2 aromatic carbocycles. The van der Waals surface area contributed by atoms with Crippen LogP contribution < -0.4 is 20.5 Å². The first-order valence-corrected chi connectivity index (χ1v) is 10.6. The van der Waals surface area contributed by atoms with Crippen LogP contribution in [0, 0.1) is 11.7 Å². The lowest BCUT2D eigenvalue weighted by molar-refractivity contribution is -0.135. The molecule has 0 saturated carbocycles. The molecule has 0 spiro atoms. The first-order chi connectivity index (χ1) is 14.6. The minimum atomic E-state index is -0.237. The van der Waals surface area contributed by atoms with Gasteiger partial charge in [0.2, 0.25) is 5.91 Å². The van der Waals surface area contributed by atoms with Gasteiger partial charge in [0.25, 0.3) is 0 Å². The number of carbonyl (C=O) groups excluding carboxylic acids is 1. The Labute approximate surface area is 180 Å². The summed E-state index contributed by atoms with van der Waals surface area (Å²) in [6.07, 6.45) is 0. The summed E-state index contributed by atoms with van der Waals surface area (Å²) in [6.45, 7) is 5.36. The zero-order valence-corrected chi connectivity index (χ0v) is 17.7. The van der Waals surface area contributed by atoms with Crippen molar-refractivity contribution in [2.24, 2.45) is 5.92 Å². The Bertz CT molecular complexity index is 904. The van der Waals surface area contributed by atoms with E-state index in [9.17, 15) is 9.18 Å². The van der Waals surface area contributed by atoms with Gasteiger partial charge in [0.15, 0.2) is 0 Å². The Balaban J connectivity index is 1.42. The van der Waals surface area contributed by atoms with Crippen molar-refractivity contribution in [2.75, 3.05) is 44.2 Å². The summed E-state index contributed by atoms with van der Waals surface area (Å²) in [5.74, 6) is 0.268. The molecule has 2 fully saturated rings. The van der Waals surface area contributed by atoms with Crippen molar-refractivity contribution in [3.8, 4) is 5.75 Å². The van der Waals surface area contributed by atoms with Crippen LogP contribution in [0.3, 0.4) is 0 Å². The molecule has 1 amide bonds. The van der Waals surface area contributed by atoms with Crippen LogP contribution in [-0.4, -0.2) is 50.1 Å². The molecule has 2 aliphatic heterocycles. The number of hydrogen-bond acceptors (Lipinski definition) is 5. The Hall–Kier alpha value is -2.35. The number of rotatable bonds is 5. The average molecular weight is 433 g/mol. The Morgan fingerprint density at radius 2 is 1.97 bits per heavy atom. The van der Waals surface area contributed by atoms with Gasteiger partial charge in [0.1, 0.15) is 11.6 Å². The summed E-state index contributed by atoms with van der Waals surface area (Å²) in [4.78, 5) is 17.1. The van der Waals surface area contributed by atoms with Gasteiger partial charge >= 0.3 is 0 Å². The van der Waals surface area contributed by atoms with Crippen LogP contribution >= 0.6 is 11.6 Å². The zero-order valence-electron chi connectivity index (χ0n) is 16.9. The molecule has 2 atom stereocenters. The van der Waals surface area contributed by atoms with Crippen LogP contribution in [0.5, 0.6) is 5.75 Å². The molecular weight excluding hydrogens is 407 g/mol. The standard InChI is InChI=1S/C22H26ClFN4O2/c1-2-30-20-8-7-15(13-17(20)23)21-16(14-25-26-21)22(29)28-11-9-27(10-12-28)19-6-4-3-5-18(19)24/h3-8,13,16,21,25-26H,2,9-12,14H2,1H3. The minimum Gasteiger partial charge on any atom is -0.492 e.